The summed E-state index contributed by atoms with van der Waals surface area (Å²) < 4.78 is 10.8. The van der Waals surface area contributed by atoms with Crippen LogP contribution >= 0.6 is 23.4 Å². The molecule has 1 fully saturated rings. The number of hydrogen-bond donors (Lipinski definition) is 0. The summed E-state index contributed by atoms with van der Waals surface area (Å²) in [5.41, 5.74) is 0.0728. The van der Waals surface area contributed by atoms with Crippen molar-refractivity contribution >= 4 is 23.4 Å². The third kappa shape index (κ3) is 2.64. The van der Waals surface area contributed by atoms with Crippen molar-refractivity contribution < 1.29 is 9.47 Å². The van der Waals surface area contributed by atoms with Crippen LogP contribution in [0.1, 0.15) is 0 Å². The van der Waals surface area contributed by atoms with Crippen LogP contribution in [0, 0.1) is 0 Å². The van der Waals surface area contributed by atoms with E-state index in [9.17, 15) is 0 Å². The molecule has 14 heavy (non-hydrogen) atoms. The van der Waals surface area contributed by atoms with Crippen LogP contribution in [0.5, 0.6) is 0 Å². The average molecular weight is 231 g/mol. The Bertz CT molecular complexity index is 300. The van der Waals surface area contributed by atoms with Gasteiger partial charge in [0.2, 0.25) is 0 Å². The lowest BCUT2D eigenvalue weighted by Crippen LogP contribution is -2.25. The van der Waals surface area contributed by atoms with E-state index >= 15 is 0 Å². The van der Waals surface area contributed by atoms with E-state index in [1.54, 1.807) is 11.8 Å². The molecule has 1 unspecified atom stereocenters. The van der Waals surface area contributed by atoms with Gasteiger partial charge in [0.15, 0.2) is 0 Å². The Kier molecular flexibility index (Phi) is 3.70. The summed E-state index contributed by atoms with van der Waals surface area (Å²) in [6.45, 7) is 2.00. The Labute approximate surface area is 92.5 Å². The molecule has 1 aromatic carbocycles. The maximum Gasteiger partial charge on any atom is 0.131 e. The first kappa shape index (κ1) is 10.3. The van der Waals surface area contributed by atoms with Gasteiger partial charge in [-0.05, 0) is 12.1 Å². The maximum atomic E-state index is 6.03. The highest BCUT2D eigenvalue weighted by molar-refractivity contribution is 8.00. The van der Waals surface area contributed by atoms with Crippen molar-refractivity contribution in [3.05, 3.63) is 29.3 Å². The lowest BCUT2D eigenvalue weighted by Gasteiger charge is -2.22. The number of benzene rings is 1. The standard InChI is InChI=1S/C10H11ClO2S/c11-8-3-1-2-4-9(8)14-10-7-12-5-6-13-10/h1-4,10H,5-7H2. The Morgan fingerprint density at radius 1 is 1.29 bits per heavy atom. The maximum absolute atomic E-state index is 6.03. The first-order valence-electron chi connectivity index (χ1n) is 4.47. The lowest BCUT2D eigenvalue weighted by atomic mass is 10.4. The molecule has 1 aliphatic heterocycles. The van der Waals surface area contributed by atoms with Gasteiger partial charge < -0.3 is 9.47 Å². The fourth-order valence-corrected chi connectivity index (χ4v) is 2.44. The summed E-state index contributed by atoms with van der Waals surface area (Å²) in [4.78, 5) is 1.05. The summed E-state index contributed by atoms with van der Waals surface area (Å²) in [5.74, 6) is 0. The van der Waals surface area contributed by atoms with Crippen LogP contribution in [0.2, 0.25) is 5.02 Å². The Balaban J connectivity index is 1.99. The van der Waals surface area contributed by atoms with Crippen molar-refractivity contribution in [3.8, 4) is 0 Å². The molecule has 1 atom stereocenters. The Hall–Kier alpha value is -0.220. The molecule has 0 amide bonds. The van der Waals surface area contributed by atoms with Crippen LogP contribution < -0.4 is 0 Å². The molecule has 1 saturated heterocycles. The van der Waals surface area contributed by atoms with Crippen LogP contribution in [-0.4, -0.2) is 25.3 Å². The first-order chi connectivity index (χ1) is 6.86. The van der Waals surface area contributed by atoms with Crippen LogP contribution in [0.4, 0.5) is 0 Å². The highest BCUT2D eigenvalue weighted by Gasteiger charge is 2.16. The molecular weight excluding hydrogens is 220 g/mol. The molecule has 0 saturated carbocycles. The molecule has 0 aromatic heterocycles. The predicted molar refractivity (Wildman–Crippen MR) is 57.9 cm³/mol. The number of halogens is 1. The largest absolute Gasteiger partial charge is 0.375 e. The zero-order valence-electron chi connectivity index (χ0n) is 7.61. The number of thioether (sulfide) groups is 1. The SMILES string of the molecule is Clc1ccccc1SC1COCCO1. The van der Waals surface area contributed by atoms with Crippen LogP contribution in [0.25, 0.3) is 0 Å². The minimum atomic E-state index is 0.0728. The third-order valence-electron chi connectivity index (χ3n) is 1.88. The smallest absolute Gasteiger partial charge is 0.131 e. The molecular formula is C10H11ClO2S. The Morgan fingerprint density at radius 2 is 2.14 bits per heavy atom. The number of ether oxygens (including phenoxy) is 2. The van der Waals surface area contributed by atoms with Crippen LogP contribution in [-0.2, 0) is 9.47 Å². The van der Waals surface area contributed by atoms with Crippen molar-refractivity contribution in [2.75, 3.05) is 19.8 Å². The first-order valence-corrected chi connectivity index (χ1v) is 5.72. The normalized spacial score (nSPS) is 22.2. The van der Waals surface area contributed by atoms with E-state index in [0.717, 1.165) is 9.92 Å². The van der Waals surface area contributed by atoms with Gasteiger partial charge in [-0.3, -0.25) is 0 Å². The van der Waals surface area contributed by atoms with E-state index in [-0.39, 0.29) is 5.44 Å². The van der Waals surface area contributed by atoms with Crippen molar-refractivity contribution in [1.82, 2.24) is 0 Å². The van der Waals surface area contributed by atoms with Gasteiger partial charge in [-0.1, -0.05) is 35.5 Å². The van der Waals surface area contributed by atoms with E-state index in [1.807, 2.05) is 24.3 Å². The molecule has 0 bridgehead atoms. The molecule has 1 heterocycles. The van der Waals surface area contributed by atoms with Gasteiger partial charge in [0.05, 0.1) is 24.8 Å². The minimum Gasteiger partial charge on any atom is -0.375 e. The van der Waals surface area contributed by atoms with Crippen molar-refractivity contribution in [3.63, 3.8) is 0 Å². The summed E-state index contributed by atoms with van der Waals surface area (Å²) in [5, 5.41) is 0.770. The van der Waals surface area contributed by atoms with Crippen molar-refractivity contribution in [2.24, 2.45) is 0 Å². The molecule has 0 radical (unpaired) electrons. The van der Waals surface area contributed by atoms with Gasteiger partial charge in [0.25, 0.3) is 0 Å². The van der Waals surface area contributed by atoms with E-state index in [4.69, 9.17) is 21.1 Å². The molecule has 0 N–H and O–H groups in total. The van der Waals surface area contributed by atoms with Gasteiger partial charge >= 0.3 is 0 Å². The van der Waals surface area contributed by atoms with Gasteiger partial charge in [0.1, 0.15) is 5.44 Å². The van der Waals surface area contributed by atoms with Crippen molar-refractivity contribution in [2.45, 2.75) is 10.3 Å². The summed E-state index contributed by atoms with van der Waals surface area (Å²) in [7, 11) is 0. The topological polar surface area (TPSA) is 18.5 Å². The molecule has 1 aliphatic rings. The zero-order chi connectivity index (χ0) is 9.80. The van der Waals surface area contributed by atoms with Crippen LogP contribution in [0.3, 0.4) is 0 Å². The molecule has 0 spiro atoms. The van der Waals surface area contributed by atoms with Gasteiger partial charge in [-0.2, -0.15) is 0 Å². The minimum absolute atomic E-state index is 0.0728. The molecule has 2 rings (SSSR count). The third-order valence-corrected chi connectivity index (χ3v) is 3.47. The van der Waals surface area contributed by atoms with E-state index in [0.29, 0.717) is 19.8 Å². The molecule has 0 aliphatic carbocycles. The van der Waals surface area contributed by atoms with Gasteiger partial charge in [-0.25, -0.2) is 0 Å². The highest BCUT2D eigenvalue weighted by atomic mass is 35.5. The molecule has 4 heteroatoms. The second-order valence-corrected chi connectivity index (χ2v) is 4.53. The van der Waals surface area contributed by atoms with Gasteiger partial charge in [-0.15, -0.1) is 0 Å². The second-order valence-electron chi connectivity index (χ2n) is 2.92. The molecule has 76 valence electrons. The summed E-state index contributed by atoms with van der Waals surface area (Å²) >= 11 is 7.64. The van der Waals surface area contributed by atoms with Gasteiger partial charge in [0, 0.05) is 4.90 Å². The monoisotopic (exact) mass is 230 g/mol. The summed E-state index contributed by atoms with van der Waals surface area (Å²) in [6.07, 6.45) is 0. The second kappa shape index (κ2) is 5.03. The summed E-state index contributed by atoms with van der Waals surface area (Å²) in [6, 6.07) is 7.76. The zero-order valence-corrected chi connectivity index (χ0v) is 9.18. The van der Waals surface area contributed by atoms with Crippen molar-refractivity contribution in [1.29, 1.82) is 0 Å². The van der Waals surface area contributed by atoms with E-state index in [1.165, 1.54) is 0 Å². The fourth-order valence-electron chi connectivity index (χ4n) is 1.22. The molecule has 1 aromatic rings. The van der Waals surface area contributed by atoms with E-state index in [2.05, 4.69) is 0 Å². The Morgan fingerprint density at radius 3 is 2.86 bits per heavy atom. The fraction of sp³-hybridized carbons (Fsp3) is 0.400. The quantitative estimate of drug-likeness (QED) is 0.779. The molecule has 2 nitrogen and oxygen atoms in total. The average Bonchev–Trinajstić information content (AvgIpc) is 2.23. The highest BCUT2D eigenvalue weighted by Crippen LogP contribution is 2.31. The lowest BCUT2D eigenvalue weighted by molar-refractivity contribution is -0.0498. The number of hydrogen-bond acceptors (Lipinski definition) is 3. The van der Waals surface area contributed by atoms with E-state index < -0.39 is 0 Å². The number of rotatable bonds is 2. The van der Waals surface area contributed by atoms with Crippen LogP contribution in [0.15, 0.2) is 29.2 Å². The predicted octanol–water partition coefficient (Wildman–Crippen LogP) is 2.81.